The number of aromatic nitrogens is 1. The summed E-state index contributed by atoms with van der Waals surface area (Å²) in [6.45, 7) is 5.98. The molecule has 2 aliphatic rings. The summed E-state index contributed by atoms with van der Waals surface area (Å²) in [5.74, 6) is -0.499. The lowest BCUT2D eigenvalue weighted by Gasteiger charge is -2.43. The van der Waals surface area contributed by atoms with Gasteiger partial charge >= 0.3 is 6.03 Å². The van der Waals surface area contributed by atoms with Gasteiger partial charge in [0.1, 0.15) is 12.1 Å². The van der Waals surface area contributed by atoms with E-state index in [2.05, 4.69) is 36.6 Å². The number of benzene rings is 1. The molecule has 9 heteroatoms. The first-order valence-electron chi connectivity index (χ1n) is 10.1. The monoisotopic (exact) mass is 429 g/mol. The predicted octanol–water partition coefficient (Wildman–Crippen LogP) is 2.31. The Morgan fingerprint density at radius 2 is 2.03 bits per heavy atom. The van der Waals surface area contributed by atoms with Crippen LogP contribution in [0.1, 0.15) is 40.0 Å². The molecule has 2 N–H and O–H groups in total. The third-order valence-corrected chi connectivity index (χ3v) is 7.03. The van der Waals surface area contributed by atoms with Crippen LogP contribution in [0.2, 0.25) is 0 Å². The molecule has 2 fully saturated rings. The smallest absolute Gasteiger partial charge is 0.323 e. The van der Waals surface area contributed by atoms with Crippen molar-refractivity contribution >= 4 is 39.4 Å². The van der Waals surface area contributed by atoms with Gasteiger partial charge in [-0.2, -0.15) is 0 Å². The van der Waals surface area contributed by atoms with Crippen LogP contribution in [-0.4, -0.2) is 39.4 Å². The first kappa shape index (κ1) is 20.6. The zero-order chi connectivity index (χ0) is 21.7. The maximum absolute atomic E-state index is 13.1. The molecule has 2 aromatic rings. The standard InChI is InChI=1S/C21H27N5O3S/c1-13-9-20(2,3)12-21(10-13)17(28)26(18(29)22-21)11-16(27)23-24-19-25(4)14-7-5-6-8-15(14)30-19/h5-8,13H,9-12H2,1-4H3,(H,22,29)(H,23,27)/b24-19+. The van der Waals surface area contributed by atoms with E-state index < -0.39 is 17.5 Å². The van der Waals surface area contributed by atoms with Crippen LogP contribution in [-0.2, 0) is 16.6 Å². The summed E-state index contributed by atoms with van der Waals surface area (Å²) in [5.41, 5.74) is 2.54. The van der Waals surface area contributed by atoms with Crippen LogP contribution in [0.15, 0.2) is 29.4 Å². The quantitative estimate of drug-likeness (QED) is 0.579. The zero-order valence-corrected chi connectivity index (χ0v) is 18.5. The Kier molecular flexibility index (Phi) is 4.96. The molecule has 0 bridgehead atoms. The van der Waals surface area contributed by atoms with Gasteiger partial charge in [0.05, 0.1) is 10.2 Å². The van der Waals surface area contributed by atoms with Crippen molar-refractivity contribution in [1.29, 1.82) is 0 Å². The van der Waals surface area contributed by atoms with Crippen molar-refractivity contribution in [2.45, 2.75) is 45.6 Å². The Balaban J connectivity index is 1.49. The molecule has 1 spiro atoms. The fraction of sp³-hybridized carbons (Fsp3) is 0.524. The van der Waals surface area contributed by atoms with E-state index in [9.17, 15) is 14.4 Å². The second-order valence-electron chi connectivity index (χ2n) is 9.32. The first-order valence-corrected chi connectivity index (χ1v) is 10.9. The third kappa shape index (κ3) is 3.62. The number of amides is 4. The van der Waals surface area contributed by atoms with Gasteiger partial charge in [-0.3, -0.25) is 14.5 Å². The predicted molar refractivity (Wildman–Crippen MR) is 114 cm³/mol. The molecular weight excluding hydrogens is 402 g/mol. The molecule has 2 heterocycles. The van der Waals surface area contributed by atoms with E-state index in [1.807, 2.05) is 35.9 Å². The van der Waals surface area contributed by atoms with Gasteiger partial charge in [0.25, 0.3) is 11.8 Å². The molecule has 0 radical (unpaired) electrons. The number of hydrogen-bond acceptors (Lipinski definition) is 5. The van der Waals surface area contributed by atoms with Crippen LogP contribution in [0.3, 0.4) is 0 Å². The largest absolute Gasteiger partial charge is 0.325 e. The zero-order valence-electron chi connectivity index (χ0n) is 17.7. The number of rotatable bonds is 3. The topological polar surface area (TPSA) is 95.8 Å². The molecule has 1 aliphatic heterocycles. The minimum Gasteiger partial charge on any atom is -0.323 e. The summed E-state index contributed by atoms with van der Waals surface area (Å²) in [5, 5.41) is 7.07. The Labute approximate surface area is 178 Å². The van der Waals surface area contributed by atoms with Crippen molar-refractivity contribution < 1.29 is 14.4 Å². The molecule has 4 amide bonds. The van der Waals surface area contributed by atoms with E-state index in [0.717, 1.165) is 21.5 Å². The van der Waals surface area contributed by atoms with E-state index in [1.165, 1.54) is 11.3 Å². The van der Waals surface area contributed by atoms with Gasteiger partial charge in [-0.1, -0.05) is 44.2 Å². The van der Waals surface area contributed by atoms with Crippen molar-refractivity contribution in [3.63, 3.8) is 0 Å². The number of thiazole rings is 1. The fourth-order valence-electron chi connectivity index (χ4n) is 5.13. The number of aryl methyl sites for hydroxylation is 1. The van der Waals surface area contributed by atoms with Crippen molar-refractivity contribution in [3.05, 3.63) is 29.1 Å². The number of urea groups is 1. The molecule has 1 aromatic carbocycles. The van der Waals surface area contributed by atoms with E-state index >= 15 is 0 Å². The molecule has 1 aromatic heterocycles. The van der Waals surface area contributed by atoms with Gasteiger partial charge in [0, 0.05) is 7.05 Å². The summed E-state index contributed by atoms with van der Waals surface area (Å²) in [6, 6.07) is 7.35. The number of carbonyl (C=O) groups excluding carboxylic acids is 3. The number of carbonyl (C=O) groups is 3. The average Bonchev–Trinajstić information content (AvgIpc) is 3.08. The van der Waals surface area contributed by atoms with E-state index in [-0.39, 0.29) is 17.9 Å². The highest BCUT2D eigenvalue weighted by Crippen LogP contribution is 2.46. The lowest BCUT2D eigenvalue weighted by Crippen LogP contribution is -2.54. The molecule has 1 aliphatic carbocycles. The van der Waals surface area contributed by atoms with E-state index in [4.69, 9.17) is 0 Å². The van der Waals surface area contributed by atoms with Crippen LogP contribution in [0.25, 0.3) is 10.2 Å². The van der Waals surface area contributed by atoms with E-state index in [1.54, 1.807) is 0 Å². The van der Waals surface area contributed by atoms with Crippen molar-refractivity contribution in [2.24, 2.45) is 23.5 Å². The highest BCUT2D eigenvalue weighted by atomic mass is 32.1. The Morgan fingerprint density at radius 1 is 1.30 bits per heavy atom. The lowest BCUT2D eigenvalue weighted by atomic mass is 9.64. The summed E-state index contributed by atoms with van der Waals surface area (Å²) in [6.07, 6.45) is 2.18. The Morgan fingerprint density at radius 3 is 2.73 bits per heavy atom. The lowest BCUT2D eigenvalue weighted by molar-refractivity contribution is -0.137. The molecule has 4 rings (SSSR count). The van der Waals surface area contributed by atoms with Gasteiger partial charge in [0.2, 0.25) is 4.80 Å². The van der Waals surface area contributed by atoms with Gasteiger partial charge in [0.15, 0.2) is 0 Å². The summed E-state index contributed by atoms with van der Waals surface area (Å²) < 4.78 is 2.94. The second kappa shape index (κ2) is 7.23. The number of fused-ring (bicyclic) bond motifs is 1. The fourth-order valence-corrected chi connectivity index (χ4v) is 6.11. The number of nitrogens with one attached hydrogen (secondary N) is 2. The summed E-state index contributed by atoms with van der Waals surface area (Å²) in [7, 11) is 1.87. The Hall–Kier alpha value is -2.68. The van der Waals surface area contributed by atoms with Crippen LogP contribution < -0.4 is 15.5 Å². The molecule has 1 saturated carbocycles. The van der Waals surface area contributed by atoms with Crippen LogP contribution in [0.4, 0.5) is 4.79 Å². The SMILES string of the molecule is CC1CC(C)(C)CC2(C1)NC(=O)N(CC(=O)N/N=c1/sc3ccccc3n1C)C2=O. The minimum atomic E-state index is -0.909. The van der Waals surface area contributed by atoms with E-state index in [0.29, 0.717) is 23.6 Å². The number of nitrogens with zero attached hydrogens (tertiary/aromatic N) is 3. The van der Waals surface area contributed by atoms with Crippen LogP contribution >= 0.6 is 11.3 Å². The van der Waals surface area contributed by atoms with Gasteiger partial charge in [-0.05, 0) is 42.7 Å². The highest BCUT2D eigenvalue weighted by molar-refractivity contribution is 7.16. The van der Waals surface area contributed by atoms with Crippen LogP contribution in [0.5, 0.6) is 0 Å². The van der Waals surface area contributed by atoms with Gasteiger partial charge in [-0.25, -0.2) is 10.2 Å². The molecule has 1 saturated heterocycles. The van der Waals surface area contributed by atoms with Crippen molar-refractivity contribution in [1.82, 2.24) is 20.2 Å². The van der Waals surface area contributed by atoms with Gasteiger partial charge in [-0.15, -0.1) is 5.10 Å². The summed E-state index contributed by atoms with van der Waals surface area (Å²) >= 11 is 1.45. The first-order chi connectivity index (χ1) is 14.1. The Bertz CT molecular complexity index is 1100. The number of imide groups is 1. The van der Waals surface area contributed by atoms with Gasteiger partial charge < -0.3 is 9.88 Å². The van der Waals surface area contributed by atoms with Crippen molar-refractivity contribution in [3.8, 4) is 0 Å². The molecular formula is C21H27N5O3S. The highest BCUT2D eigenvalue weighted by Gasteiger charge is 2.56. The molecule has 2 unspecified atom stereocenters. The number of hydrogen-bond donors (Lipinski definition) is 2. The minimum absolute atomic E-state index is 0.0515. The molecule has 8 nitrogen and oxygen atoms in total. The van der Waals surface area contributed by atoms with Crippen molar-refractivity contribution in [2.75, 3.05) is 6.54 Å². The molecule has 30 heavy (non-hydrogen) atoms. The third-order valence-electron chi connectivity index (χ3n) is 5.92. The maximum Gasteiger partial charge on any atom is 0.325 e. The van der Waals surface area contributed by atoms with Crippen LogP contribution in [0, 0.1) is 11.3 Å². The molecule has 160 valence electrons. The normalized spacial score (nSPS) is 26.5. The maximum atomic E-state index is 13.1. The summed E-state index contributed by atoms with van der Waals surface area (Å²) in [4.78, 5) is 39.8. The second-order valence-corrected chi connectivity index (χ2v) is 10.3. The number of para-hydroxylation sites is 1. The average molecular weight is 430 g/mol. The molecule has 2 atom stereocenters.